The first-order chi connectivity index (χ1) is 39.9. The summed E-state index contributed by atoms with van der Waals surface area (Å²) >= 11 is 0. The Balaban J connectivity index is 1.12. The number of nitrogens with zero attached hydrogens (tertiary/aromatic N) is 3. The number of furan rings is 1. The maximum Gasteiger partial charge on any atom is 0.375 e. The minimum absolute atomic E-state index is 0.000584. The van der Waals surface area contributed by atoms with Gasteiger partial charge in [0.15, 0.2) is 0 Å². The number of fused-ring (bicyclic) bond motifs is 8. The third-order valence-electron chi connectivity index (χ3n) is 20.6. The first kappa shape index (κ1) is 56.9. The molecule has 4 nitrogen and oxygen atoms in total. The number of hydrogen-bond acceptors (Lipinski definition) is 4. The first-order valence-corrected chi connectivity index (χ1v) is 31.7. The van der Waals surface area contributed by atoms with Gasteiger partial charge in [0, 0.05) is 51.6 Å². The molecule has 5 heteroatoms. The van der Waals surface area contributed by atoms with Crippen LogP contribution in [-0.4, -0.2) is 6.85 Å². The van der Waals surface area contributed by atoms with Crippen LogP contribution >= 0.6 is 0 Å². The highest BCUT2D eigenvalue weighted by molar-refractivity contribution is 6.93. The minimum Gasteiger partial charge on any atom is -0.466 e. The fourth-order valence-electron chi connectivity index (χ4n) is 14.9. The molecular formula is C80H90BN3O. The van der Waals surface area contributed by atoms with Crippen molar-refractivity contribution < 1.29 is 4.42 Å². The molecule has 4 aliphatic rings. The lowest BCUT2D eigenvalue weighted by Crippen LogP contribution is -2.61. The van der Waals surface area contributed by atoms with Crippen LogP contribution in [0.2, 0.25) is 0 Å². The van der Waals surface area contributed by atoms with Gasteiger partial charge in [-0.15, -0.1) is 0 Å². The second kappa shape index (κ2) is 19.4. The van der Waals surface area contributed by atoms with Crippen molar-refractivity contribution >= 4 is 68.8 Å². The zero-order valence-corrected chi connectivity index (χ0v) is 54.4. The normalized spacial score (nSPS) is 17.2. The molecule has 2 aliphatic heterocycles. The van der Waals surface area contributed by atoms with Gasteiger partial charge in [-0.1, -0.05) is 209 Å². The van der Waals surface area contributed by atoms with Gasteiger partial charge in [-0.3, -0.25) is 0 Å². The Morgan fingerprint density at radius 3 is 1.58 bits per heavy atom. The van der Waals surface area contributed by atoms with Gasteiger partial charge in [0.2, 0.25) is 0 Å². The topological polar surface area (TPSA) is 22.9 Å². The van der Waals surface area contributed by atoms with Crippen LogP contribution in [0.5, 0.6) is 0 Å². The van der Waals surface area contributed by atoms with Crippen molar-refractivity contribution in [2.24, 2.45) is 0 Å². The van der Waals surface area contributed by atoms with Crippen LogP contribution in [0.25, 0.3) is 33.2 Å². The van der Waals surface area contributed by atoms with Crippen molar-refractivity contribution in [3.63, 3.8) is 0 Å². The molecule has 3 heterocycles. The maximum absolute atomic E-state index is 7.90. The molecule has 2 aliphatic carbocycles. The Hall–Kier alpha value is -7.24. The predicted octanol–water partition coefficient (Wildman–Crippen LogP) is 21.0. The van der Waals surface area contributed by atoms with E-state index in [9.17, 15) is 0 Å². The molecule has 0 N–H and O–H groups in total. The quantitative estimate of drug-likeness (QED) is 0.148. The van der Waals surface area contributed by atoms with Crippen molar-refractivity contribution in [3.8, 4) is 22.3 Å². The molecule has 0 unspecified atom stereocenters. The summed E-state index contributed by atoms with van der Waals surface area (Å²) in [5, 5.41) is 1.19. The van der Waals surface area contributed by atoms with Gasteiger partial charge in [0.05, 0.1) is 5.69 Å². The van der Waals surface area contributed by atoms with Crippen LogP contribution in [0.15, 0.2) is 162 Å². The van der Waals surface area contributed by atoms with Crippen molar-refractivity contribution in [1.29, 1.82) is 0 Å². The average Bonchev–Trinajstić information content (AvgIpc) is 3.35. The van der Waals surface area contributed by atoms with Gasteiger partial charge in [-0.05, 0) is 209 Å². The summed E-state index contributed by atoms with van der Waals surface area (Å²) in [5.74, 6) is 0. The Labute approximate surface area is 509 Å². The third kappa shape index (κ3) is 9.57. The van der Waals surface area contributed by atoms with E-state index < -0.39 is 0 Å². The van der Waals surface area contributed by atoms with Gasteiger partial charge in [0.1, 0.15) is 11.2 Å². The summed E-state index contributed by atoms with van der Waals surface area (Å²) in [6.07, 6.45) is 4.55. The lowest BCUT2D eigenvalue weighted by atomic mass is 9.45. The predicted molar refractivity (Wildman–Crippen MR) is 366 cm³/mol. The van der Waals surface area contributed by atoms with Crippen molar-refractivity contribution in [2.75, 3.05) is 14.6 Å². The van der Waals surface area contributed by atoms with E-state index in [4.69, 9.17) is 4.42 Å². The highest BCUT2D eigenvalue weighted by Gasteiger charge is 2.50. The standard InChI is InChI=1S/C80H90BN3O/c1-50-42-62-60-36-34-58(83(56-30-26-53(27-31-56)74(2,3)4)57-32-28-54(29-33-57)75(5,6)7)46-68(60)84(59-35-37-64-65(45-59)78(13,14)39-38-77(64,11)12)81-71(62)69(43-50)82(49-52-24-25-55(76(8,9)10)44-61(52)51-22-20-19-21-23-51)72-63-47-66-67(48-70(63)85-73(72)81)80(17,18)41-40-79(66,15)16/h19-37,42-48H,38-41,49H2,1-18H3. The van der Waals surface area contributed by atoms with E-state index in [1.165, 1.54) is 106 Å². The highest BCUT2D eigenvalue weighted by Crippen LogP contribution is 2.54. The molecule has 0 amide bonds. The molecule has 9 aromatic rings. The monoisotopic (exact) mass is 1120 g/mol. The van der Waals surface area contributed by atoms with Gasteiger partial charge in [-0.2, -0.15) is 0 Å². The molecule has 0 bridgehead atoms. The van der Waals surface area contributed by atoms with Gasteiger partial charge >= 0.3 is 6.85 Å². The molecule has 1 aromatic heterocycles. The third-order valence-corrected chi connectivity index (χ3v) is 20.6. The van der Waals surface area contributed by atoms with Gasteiger partial charge < -0.3 is 19.0 Å². The van der Waals surface area contributed by atoms with Crippen LogP contribution in [0, 0.1) is 6.92 Å². The van der Waals surface area contributed by atoms with Crippen LogP contribution in [0.4, 0.5) is 39.8 Å². The summed E-state index contributed by atoms with van der Waals surface area (Å²) in [6.45, 7) is 43.1. The van der Waals surface area contributed by atoms with Crippen molar-refractivity contribution in [1.82, 2.24) is 0 Å². The highest BCUT2D eigenvalue weighted by atomic mass is 16.3. The molecule has 0 atom stereocenters. The molecule has 0 spiro atoms. The second-order valence-electron chi connectivity index (χ2n) is 31.7. The molecule has 13 rings (SSSR count). The molecular weight excluding hydrogens is 1030 g/mol. The molecule has 0 saturated heterocycles. The van der Waals surface area contributed by atoms with E-state index in [0.29, 0.717) is 6.54 Å². The van der Waals surface area contributed by atoms with E-state index in [1.54, 1.807) is 0 Å². The molecule has 0 fully saturated rings. The Kier molecular flexibility index (Phi) is 13.0. The fourth-order valence-corrected chi connectivity index (χ4v) is 14.9. The first-order valence-electron chi connectivity index (χ1n) is 31.7. The number of aryl methyl sites for hydroxylation is 1. The Morgan fingerprint density at radius 2 is 1.00 bits per heavy atom. The fraction of sp³-hybridized carbons (Fsp3) is 0.375. The molecule has 85 heavy (non-hydrogen) atoms. The SMILES string of the molecule is Cc1cc2c3c(c1)N(Cc1ccc(C(C)(C)C)cc1-c1ccccc1)c1c(oc4cc5c(cc14)C(C)(C)CCC5(C)C)B3N(c1ccc3c(c1)C(C)(C)CCC3(C)C)c1cc(N(c3ccc(C(C)(C)C)cc3)c3ccc(C(C)(C)C)cc3)ccc1-2. The largest absolute Gasteiger partial charge is 0.466 e. The maximum atomic E-state index is 7.90. The zero-order chi connectivity index (χ0) is 60.3. The summed E-state index contributed by atoms with van der Waals surface area (Å²) in [6, 6.07) is 61.8. The lowest BCUT2D eigenvalue weighted by molar-refractivity contribution is 0.332. The van der Waals surface area contributed by atoms with Crippen LogP contribution in [0.3, 0.4) is 0 Å². The zero-order valence-electron chi connectivity index (χ0n) is 54.4. The van der Waals surface area contributed by atoms with E-state index in [1.807, 2.05) is 0 Å². The summed E-state index contributed by atoms with van der Waals surface area (Å²) in [4.78, 5) is 7.86. The van der Waals surface area contributed by atoms with E-state index >= 15 is 0 Å². The Morgan fingerprint density at radius 1 is 0.471 bits per heavy atom. The molecule has 0 saturated carbocycles. The second-order valence-corrected chi connectivity index (χ2v) is 31.7. The Bertz CT molecular complexity index is 4060. The summed E-state index contributed by atoms with van der Waals surface area (Å²) in [7, 11) is 0. The van der Waals surface area contributed by atoms with E-state index in [0.717, 1.165) is 54.0 Å². The van der Waals surface area contributed by atoms with Gasteiger partial charge in [0.25, 0.3) is 0 Å². The van der Waals surface area contributed by atoms with Crippen LogP contribution < -0.4 is 25.7 Å². The van der Waals surface area contributed by atoms with Crippen LogP contribution in [-0.2, 0) is 44.4 Å². The van der Waals surface area contributed by atoms with Gasteiger partial charge in [-0.25, -0.2) is 0 Å². The number of benzene rings is 8. The molecule has 0 radical (unpaired) electrons. The number of hydrogen-bond donors (Lipinski definition) is 0. The molecule has 8 aromatic carbocycles. The van der Waals surface area contributed by atoms with E-state index in [2.05, 4.69) is 297 Å². The number of anilines is 7. The lowest BCUT2D eigenvalue weighted by Gasteiger charge is -2.46. The summed E-state index contributed by atoms with van der Waals surface area (Å²) < 4.78 is 7.90. The average molecular weight is 1120 g/mol. The smallest absolute Gasteiger partial charge is 0.375 e. The summed E-state index contributed by atoms with van der Waals surface area (Å²) in [5.41, 5.74) is 28.7. The minimum atomic E-state index is -0.301. The molecule has 434 valence electrons. The van der Waals surface area contributed by atoms with Crippen LogP contribution in [0.1, 0.15) is 193 Å². The van der Waals surface area contributed by atoms with Crippen molar-refractivity contribution in [3.05, 3.63) is 208 Å². The number of rotatable bonds is 7. The van der Waals surface area contributed by atoms with Crippen molar-refractivity contribution in [2.45, 2.75) is 195 Å². The van der Waals surface area contributed by atoms with E-state index in [-0.39, 0.29) is 44.8 Å².